The minimum absolute atomic E-state index is 0.161. The quantitative estimate of drug-likeness (QED) is 0.719. The lowest BCUT2D eigenvalue weighted by Gasteiger charge is -2.09. The van der Waals surface area contributed by atoms with Gasteiger partial charge in [-0.1, -0.05) is 48.5 Å². The minimum Gasteiger partial charge on any atom is -0.310 e. The molecule has 0 fully saturated rings. The first-order chi connectivity index (χ1) is 12.4. The number of hydrogen-bond acceptors (Lipinski definition) is 2. The summed E-state index contributed by atoms with van der Waals surface area (Å²) in [5, 5.41) is 2.60. The fourth-order valence-corrected chi connectivity index (χ4v) is 2.50. The van der Waals surface area contributed by atoms with Crippen LogP contribution in [0.5, 0.6) is 0 Å². The van der Waals surface area contributed by atoms with E-state index < -0.39 is 17.6 Å². The number of pyridine rings is 1. The highest BCUT2D eigenvalue weighted by Gasteiger charge is 2.30. The fraction of sp³-hybridized carbons (Fsp3) is 0.100. The molecule has 0 aliphatic carbocycles. The summed E-state index contributed by atoms with van der Waals surface area (Å²) in [6.07, 6.45) is -2.96. The van der Waals surface area contributed by atoms with Gasteiger partial charge in [-0.15, -0.1) is 0 Å². The molecule has 6 heteroatoms. The van der Waals surface area contributed by atoms with Crippen molar-refractivity contribution in [2.75, 3.05) is 5.32 Å². The van der Waals surface area contributed by atoms with Gasteiger partial charge in [0.1, 0.15) is 5.82 Å². The van der Waals surface area contributed by atoms with Crippen LogP contribution >= 0.6 is 0 Å². The van der Waals surface area contributed by atoms with E-state index in [1.165, 1.54) is 12.1 Å². The van der Waals surface area contributed by atoms with E-state index in [9.17, 15) is 18.0 Å². The summed E-state index contributed by atoms with van der Waals surface area (Å²) >= 11 is 0. The molecule has 26 heavy (non-hydrogen) atoms. The number of amides is 1. The molecule has 1 amide bonds. The Kier molecular flexibility index (Phi) is 5.02. The highest BCUT2D eigenvalue weighted by molar-refractivity contribution is 5.91. The van der Waals surface area contributed by atoms with Crippen LogP contribution in [0.25, 0.3) is 11.1 Å². The Hall–Kier alpha value is -3.15. The zero-order valence-corrected chi connectivity index (χ0v) is 13.6. The SMILES string of the molecule is O=C(Cc1cccc(C(F)(F)F)c1)Nc1ccc(-c2ccccc2)cn1. The van der Waals surface area contributed by atoms with Gasteiger partial charge in [-0.2, -0.15) is 13.2 Å². The van der Waals surface area contributed by atoms with Crippen molar-refractivity contribution >= 4 is 11.7 Å². The summed E-state index contributed by atoms with van der Waals surface area (Å²) in [7, 11) is 0. The number of rotatable bonds is 4. The Labute approximate surface area is 148 Å². The van der Waals surface area contributed by atoms with E-state index in [2.05, 4.69) is 10.3 Å². The average Bonchev–Trinajstić information content (AvgIpc) is 2.62. The van der Waals surface area contributed by atoms with Crippen molar-refractivity contribution in [1.29, 1.82) is 0 Å². The Morgan fingerprint density at radius 1 is 0.923 bits per heavy atom. The predicted molar refractivity (Wildman–Crippen MR) is 93.5 cm³/mol. The van der Waals surface area contributed by atoms with E-state index in [1.54, 1.807) is 12.3 Å². The van der Waals surface area contributed by atoms with Gasteiger partial charge in [0.25, 0.3) is 0 Å². The third-order valence-corrected chi connectivity index (χ3v) is 3.76. The van der Waals surface area contributed by atoms with Crippen LogP contribution in [0, 0.1) is 0 Å². The largest absolute Gasteiger partial charge is 0.416 e. The van der Waals surface area contributed by atoms with Crippen LogP contribution in [0.4, 0.5) is 19.0 Å². The maximum absolute atomic E-state index is 12.7. The van der Waals surface area contributed by atoms with Crippen LogP contribution in [-0.4, -0.2) is 10.9 Å². The van der Waals surface area contributed by atoms with E-state index in [4.69, 9.17) is 0 Å². The highest BCUT2D eigenvalue weighted by atomic mass is 19.4. The third-order valence-electron chi connectivity index (χ3n) is 3.76. The molecule has 3 aromatic rings. The van der Waals surface area contributed by atoms with Crippen molar-refractivity contribution < 1.29 is 18.0 Å². The first-order valence-corrected chi connectivity index (χ1v) is 7.89. The molecule has 1 N–H and O–H groups in total. The van der Waals surface area contributed by atoms with Crippen LogP contribution in [0.2, 0.25) is 0 Å². The number of halogens is 3. The summed E-state index contributed by atoms with van der Waals surface area (Å²) in [6.45, 7) is 0. The third kappa shape index (κ3) is 4.47. The lowest BCUT2D eigenvalue weighted by Crippen LogP contribution is -2.16. The molecule has 0 atom stereocenters. The highest BCUT2D eigenvalue weighted by Crippen LogP contribution is 2.29. The van der Waals surface area contributed by atoms with E-state index in [0.717, 1.165) is 23.3 Å². The van der Waals surface area contributed by atoms with Gasteiger partial charge in [-0.05, 0) is 29.3 Å². The molecule has 0 spiro atoms. The average molecular weight is 356 g/mol. The summed E-state index contributed by atoms with van der Waals surface area (Å²) in [5.41, 5.74) is 1.43. The predicted octanol–water partition coefficient (Wildman–Crippen LogP) is 4.95. The van der Waals surface area contributed by atoms with E-state index in [1.807, 2.05) is 36.4 Å². The second kappa shape index (κ2) is 7.39. The molecule has 0 bridgehead atoms. The molecule has 3 rings (SSSR count). The number of benzene rings is 2. The van der Waals surface area contributed by atoms with Crippen LogP contribution in [0.15, 0.2) is 72.9 Å². The molecule has 132 valence electrons. The van der Waals surface area contributed by atoms with Crippen molar-refractivity contribution in [3.8, 4) is 11.1 Å². The Bertz CT molecular complexity index is 891. The lowest BCUT2D eigenvalue weighted by atomic mass is 10.1. The van der Waals surface area contributed by atoms with Crippen molar-refractivity contribution in [2.45, 2.75) is 12.6 Å². The van der Waals surface area contributed by atoms with Gasteiger partial charge in [0, 0.05) is 11.8 Å². The molecule has 0 saturated carbocycles. The van der Waals surface area contributed by atoms with Crippen molar-refractivity contribution in [1.82, 2.24) is 4.98 Å². The van der Waals surface area contributed by atoms with Crippen molar-refractivity contribution in [3.63, 3.8) is 0 Å². The minimum atomic E-state index is -4.43. The van der Waals surface area contributed by atoms with E-state index in [-0.39, 0.29) is 6.42 Å². The van der Waals surface area contributed by atoms with Gasteiger partial charge in [-0.3, -0.25) is 4.79 Å². The van der Waals surface area contributed by atoms with Crippen LogP contribution in [0.3, 0.4) is 0 Å². The topological polar surface area (TPSA) is 42.0 Å². The summed E-state index contributed by atoms with van der Waals surface area (Å²) < 4.78 is 38.2. The molecule has 1 aromatic heterocycles. The second-order valence-electron chi connectivity index (χ2n) is 5.72. The van der Waals surface area contributed by atoms with Gasteiger partial charge in [-0.25, -0.2) is 4.98 Å². The normalized spacial score (nSPS) is 11.2. The molecule has 2 aromatic carbocycles. The number of nitrogens with one attached hydrogen (secondary N) is 1. The maximum atomic E-state index is 12.7. The van der Waals surface area contributed by atoms with Crippen molar-refractivity contribution in [2.24, 2.45) is 0 Å². The van der Waals surface area contributed by atoms with Crippen LogP contribution in [-0.2, 0) is 17.4 Å². The zero-order chi connectivity index (χ0) is 18.6. The molecule has 1 heterocycles. The van der Waals surface area contributed by atoms with Crippen LogP contribution in [0.1, 0.15) is 11.1 Å². The molecule has 0 radical (unpaired) electrons. The van der Waals surface area contributed by atoms with Gasteiger partial charge >= 0.3 is 6.18 Å². The van der Waals surface area contributed by atoms with E-state index >= 15 is 0 Å². The number of carbonyl (C=O) groups excluding carboxylic acids is 1. The molecular weight excluding hydrogens is 341 g/mol. The Balaban J connectivity index is 1.65. The Morgan fingerprint density at radius 3 is 2.35 bits per heavy atom. The smallest absolute Gasteiger partial charge is 0.310 e. The van der Waals surface area contributed by atoms with Crippen LogP contribution < -0.4 is 5.32 Å². The van der Waals surface area contributed by atoms with Gasteiger partial charge in [0.05, 0.1) is 12.0 Å². The van der Waals surface area contributed by atoms with Gasteiger partial charge < -0.3 is 5.32 Å². The number of aromatic nitrogens is 1. The number of hydrogen-bond donors (Lipinski definition) is 1. The number of carbonyl (C=O) groups is 1. The standard InChI is InChI=1S/C20H15F3N2O/c21-20(22,23)17-8-4-5-14(11-17)12-19(26)25-18-10-9-16(13-24-18)15-6-2-1-3-7-15/h1-11,13H,12H2,(H,24,25,26). The molecule has 0 aliphatic heterocycles. The second-order valence-corrected chi connectivity index (χ2v) is 5.72. The van der Waals surface area contributed by atoms with E-state index in [0.29, 0.717) is 11.4 Å². The Morgan fingerprint density at radius 2 is 1.69 bits per heavy atom. The monoisotopic (exact) mass is 356 g/mol. The number of nitrogens with zero attached hydrogens (tertiary/aromatic N) is 1. The summed E-state index contributed by atoms with van der Waals surface area (Å²) in [4.78, 5) is 16.2. The molecule has 0 aliphatic rings. The first-order valence-electron chi connectivity index (χ1n) is 7.89. The molecular formula is C20H15F3N2O. The lowest BCUT2D eigenvalue weighted by molar-refractivity contribution is -0.137. The van der Waals surface area contributed by atoms with Gasteiger partial charge in [0.15, 0.2) is 0 Å². The number of alkyl halides is 3. The van der Waals surface area contributed by atoms with Gasteiger partial charge in [0.2, 0.25) is 5.91 Å². The molecule has 0 saturated heterocycles. The molecule has 0 unspecified atom stereocenters. The zero-order valence-electron chi connectivity index (χ0n) is 13.6. The fourth-order valence-electron chi connectivity index (χ4n) is 2.50. The van der Waals surface area contributed by atoms with Crippen molar-refractivity contribution in [3.05, 3.63) is 84.1 Å². The molecule has 3 nitrogen and oxygen atoms in total. The maximum Gasteiger partial charge on any atom is 0.416 e. The summed E-state index contributed by atoms with van der Waals surface area (Å²) in [6, 6.07) is 17.9. The number of anilines is 1. The first kappa shape index (κ1) is 17.7. The summed E-state index contributed by atoms with van der Waals surface area (Å²) in [5.74, 6) is -0.0778.